The van der Waals surface area contributed by atoms with E-state index in [-0.39, 0.29) is 31.4 Å². The molecule has 1 fully saturated rings. The number of esters is 1. The lowest BCUT2D eigenvalue weighted by molar-refractivity contribution is -0.169. The Hall–Kier alpha value is -3.35. The number of carbonyl (C=O) groups is 3. The number of benzene rings is 1. The van der Waals surface area contributed by atoms with Gasteiger partial charge in [-0.05, 0) is 44.1 Å². The highest BCUT2D eigenvalue weighted by Gasteiger charge is 2.72. The van der Waals surface area contributed by atoms with Gasteiger partial charge in [-0.25, -0.2) is 9.59 Å². The van der Waals surface area contributed by atoms with Crippen LogP contribution in [0.5, 0.6) is 11.5 Å². The van der Waals surface area contributed by atoms with Crippen molar-refractivity contribution in [1.82, 2.24) is 9.80 Å². The van der Waals surface area contributed by atoms with Crippen LogP contribution in [0, 0.1) is 0 Å². The average Bonchev–Trinajstić information content (AvgIpc) is 3.23. The fraction of sp³-hybridized carbons (Fsp3) is 0.577. The standard InChI is InChI=1S/C26H32N2O10/c1-27-9-8-25-21-15-4-5-16(35-3)22(21)38-23(25)17(6-7-26(25,33)18(27)12-15)37-20(31)14-28(13-19(29)30)24(32)36-11-10-34-2/h4-6,18,23,33H,7-14H2,1-3H3,(H,29,30)/t18-,23-,25-,26+/m0/s1. The Morgan fingerprint density at radius 2 is 2.00 bits per heavy atom. The summed E-state index contributed by atoms with van der Waals surface area (Å²) in [5.41, 5.74) is -0.0644. The van der Waals surface area contributed by atoms with Gasteiger partial charge in [0.25, 0.3) is 0 Å². The van der Waals surface area contributed by atoms with Crippen LogP contribution in [0.15, 0.2) is 24.0 Å². The van der Waals surface area contributed by atoms with Gasteiger partial charge in [0.15, 0.2) is 17.6 Å². The van der Waals surface area contributed by atoms with Gasteiger partial charge < -0.3 is 38.8 Å². The summed E-state index contributed by atoms with van der Waals surface area (Å²) in [5, 5.41) is 21.4. The maximum Gasteiger partial charge on any atom is 0.410 e. The van der Waals surface area contributed by atoms with Gasteiger partial charge in [0.2, 0.25) is 0 Å². The lowest BCUT2D eigenvalue weighted by Gasteiger charge is -2.61. The second-order valence-corrected chi connectivity index (χ2v) is 10.1. The quantitative estimate of drug-likeness (QED) is 0.342. The van der Waals surface area contributed by atoms with Gasteiger partial charge >= 0.3 is 18.0 Å². The molecule has 4 atom stereocenters. The van der Waals surface area contributed by atoms with E-state index >= 15 is 0 Å². The minimum atomic E-state index is -1.31. The Morgan fingerprint density at radius 1 is 1.21 bits per heavy atom. The molecule has 206 valence electrons. The molecular formula is C26H32N2O10. The smallest absolute Gasteiger partial charge is 0.410 e. The lowest BCUT2D eigenvalue weighted by atomic mass is 9.50. The van der Waals surface area contributed by atoms with Crippen molar-refractivity contribution >= 4 is 18.0 Å². The average molecular weight is 533 g/mol. The summed E-state index contributed by atoms with van der Waals surface area (Å²) in [7, 11) is 4.98. The molecule has 38 heavy (non-hydrogen) atoms. The summed E-state index contributed by atoms with van der Waals surface area (Å²) in [6.07, 6.45) is 1.34. The third-order valence-electron chi connectivity index (χ3n) is 8.21. The maximum atomic E-state index is 13.0. The number of carboxylic acid groups (broad SMARTS) is 1. The molecule has 1 aromatic rings. The number of piperidine rings is 1. The monoisotopic (exact) mass is 532 g/mol. The number of aliphatic hydroxyl groups is 1. The highest BCUT2D eigenvalue weighted by atomic mass is 16.6. The van der Waals surface area contributed by atoms with Crippen molar-refractivity contribution < 1.29 is 48.3 Å². The van der Waals surface area contributed by atoms with Crippen molar-refractivity contribution in [3.8, 4) is 11.5 Å². The van der Waals surface area contributed by atoms with Crippen LogP contribution in [-0.2, 0) is 35.6 Å². The zero-order valence-corrected chi connectivity index (χ0v) is 21.6. The van der Waals surface area contributed by atoms with Crippen molar-refractivity contribution in [1.29, 1.82) is 0 Å². The Morgan fingerprint density at radius 3 is 2.71 bits per heavy atom. The van der Waals surface area contributed by atoms with Gasteiger partial charge in [0, 0.05) is 25.1 Å². The summed E-state index contributed by atoms with van der Waals surface area (Å²) in [5.74, 6) is -0.873. The van der Waals surface area contributed by atoms with E-state index in [0.29, 0.717) is 30.9 Å². The molecule has 0 unspecified atom stereocenters. The predicted molar refractivity (Wildman–Crippen MR) is 130 cm³/mol. The van der Waals surface area contributed by atoms with Gasteiger partial charge in [-0.3, -0.25) is 9.69 Å². The van der Waals surface area contributed by atoms with Crippen LogP contribution < -0.4 is 9.47 Å². The molecule has 1 aromatic carbocycles. The molecule has 2 N–H and O–H groups in total. The number of hydrogen-bond acceptors (Lipinski definition) is 10. The molecular weight excluding hydrogens is 500 g/mol. The molecule has 2 heterocycles. The second-order valence-electron chi connectivity index (χ2n) is 10.1. The van der Waals surface area contributed by atoms with Crippen molar-refractivity contribution in [2.75, 3.05) is 54.1 Å². The number of carboxylic acids is 1. The van der Waals surface area contributed by atoms with Crippen LogP contribution in [-0.4, -0.2) is 110 Å². The zero-order chi connectivity index (χ0) is 27.2. The number of ether oxygens (including phenoxy) is 5. The second kappa shape index (κ2) is 9.75. The van der Waals surface area contributed by atoms with Crippen LogP contribution in [0.4, 0.5) is 4.79 Å². The fourth-order valence-corrected chi connectivity index (χ4v) is 6.56. The van der Waals surface area contributed by atoms with E-state index in [0.717, 1.165) is 16.0 Å². The van der Waals surface area contributed by atoms with Crippen molar-refractivity contribution in [3.63, 3.8) is 0 Å². The maximum absolute atomic E-state index is 13.0. The van der Waals surface area contributed by atoms with E-state index in [1.807, 2.05) is 19.2 Å². The molecule has 0 saturated carbocycles. The normalized spacial score (nSPS) is 28.5. The van der Waals surface area contributed by atoms with E-state index in [1.165, 1.54) is 7.11 Å². The van der Waals surface area contributed by atoms with Crippen LogP contribution >= 0.6 is 0 Å². The first-order chi connectivity index (χ1) is 18.2. The van der Waals surface area contributed by atoms with Gasteiger partial charge in [0.05, 0.1) is 24.7 Å². The van der Waals surface area contributed by atoms with E-state index in [1.54, 1.807) is 13.2 Å². The molecule has 2 aliphatic carbocycles. The van der Waals surface area contributed by atoms with Gasteiger partial charge in [0.1, 0.15) is 25.5 Å². The van der Waals surface area contributed by atoms with Gasteiger partial charge in [-0.2, -0.15) is 0 Å². The molecule has 0 radical (unpaired) electrons. The van der Waals surface area contributed by atoms with E-state index < -0.39 is 48.2 Å². The lowest BCUT2D eigenvalue weighted by Crippen LogP contribution is -2.74. The summed E-state index contributed by atoms with van der Waals surface area (Å²) in [6, 6.07) is 3.69. The molecule has 4 aliphatic rings. The Bertz CT molecular complexity index is 1180. The minimum absolute atomic E-state index is 0.0965. The molecule has 1 saturated heterocycles. The summed E-state index contributed by atoms with van der Waals surface area (Å²) in [6.45, 7) is -0.656. The van der Waals surface area contributed by atoms with Crippen LogP contribution in [0.3, 0.4) is 0 Å². The number of aliphatic carboxylic acids is 1. The molecule has 5 rings (SSSR count). The van der Waals surface area contributed by atoms with Gasteiger partial charge in [-0.1, -0.05) is 6.07 Å². The summed E-state index contributed by atoms with van der Waals surface area (Å²) < 4.78 is 27.6. The highest BCUT2D eigenvalue weighted by Crippen LogP contribution is 2.65. The molecule has 1 amide bonds. The molecule has 2 aliphatic heterocycles. The number of rotatable bonds is 9. The number of amides is 1. The van der Waals surface area contributed by atoms with E-state index in [4.69, 9.17) is 23.7 Å². The zero-order valence-electron chi connectivity index (χ0n) is 21.6. The third kappa shape index (κ3) is 3.89. The highest BCUT2D eigenvalue weighted by molar-refractivity contribution is 5.82. The number of nitrogens with zero attached hydrogens (tertiary/aromatic N) is 2. The molecule has 1 spiro atoms. The van der Waals surface area contributed by atoms with Crippen LogP contribution in [0.1, 0.15) is 24.0 Å². The Balaban J connectivity index is 1.43. The summed E-state index contributed by atoms with van der Waals surface area (Å²) >= 11 is 0. The number of likely N-dealkylation sites (N-methyl/N-ethyl adjacent to an activating group) is 1. The van der Waals surface area contributed by atoms with Crippen molar-refractivity contribution in [2.24, 2.45) is 0 Å². The van der Waals surface area contributed by atoms with E-state index in [9.17, 15) is 24.6 Å². The topological polar surface area (TPSA) is 144 Å². The number of methoxy groups -OCH3 is 2. The van der Waals surface area contributed by atoms with Crippen LogP contribution in [0.2, 0.25) is 0 Å². The minimum Gasteiger partial charge on any atom is -0.493 e. The fourth-order valence-electron chi connectivity index (χ4n) is 6.56. The number of carbonyl (C=O) groups excluding carboxylic acids is 2. The van der Waals surface area contributed by atoms with Crippen molar-refractivity contribution in [2.45, 2.75) is 42.4 Å². The summed E-state index contributed by atoms with van der Waals surface area (Å²) in [4.78, 5) is 39.6. The van der Waals surface area contributed by atoms with Gasteiger partial charge in [-0.15, -0.1) is 0 Å². The molecule has 2 bridgehead atoms. The Labute approximate surface area is 219 Å². The Kier molecular flexibility index (Phi) is 6.74. The van der Waals surface area contributed by atoms with Crippen LogP contribution in [0.25, 0.3) is 0 Å². The first kappa shape index (κ1) is 26.3. The van der Waals surface area contributed by atoms with Crippen molar-refractivity contribution in [3.05, 3.63) is 35.1 Å². The SMILES string of the molecule is COCCOC(=O)N(CC(=O)O)CC(=O)OC1=CC[C@@]2(O)[C@@H]3Cc4ccc(OC)c5c4[C@@]2(CCN3C)[C@H]1O5. The first-order valence-electron chi connectivity index (χ1n) is 12.5. The number of likely N-dealkylation sites (tertiary alicyclic amines) is 1. The predicted octanol–water partition coefficient (Wildman–Crippen LogP) is 0.686. The third-order valence-corrected chi connectivity index (χ3v) is 8.21. The largest absolute Gasteiger partial charge is 0.493 e. The molecule has 0 aromatic heterocycles. The molecule has 12 heteroatoms. The van der Waals surface area contributed by atoms with E-state index in [2.05, 4.69) is 4.90 Å². The molecule has 12 nitrogen and oxygen atoms in total. The number of hydrogen-bond donors (Lipinski definition) is 2. The first-order valence-corrected chi connectivity index (χ1v) is 12.5.